The first kappa shape index (κ1) is 87.7. The van der Waals surface area contributed by atoms with Crippen molar-refractivity contribution in [3.8, 4) is 45.0 Å². The average Bonchev–Trinajstić information content (AvgIpc) is 1.43. The van der Waals surface area contributed by atoms with Crippen molar-refractivity contribution in [2.45, 2.75) is 25.7 Å². The molecule has 4 amide bonds. The van der Waals surface area contributed by atoms with E-state index in [1.54, 1.807) is 206 Å². The number of pyridine rings is 5. The van der Waals surface area contributed by atoms with E-state index in [-0.39, 0.29) is 46.6 Å². The van der Waals surface area contributed by atoms with Crippen LogP contribution in [0.15, 0.2) is 267 Å². The van der Waals surface area contributed by atoms with Crippen LogP contribution in [0.5, 0.6) is 0 Å². The SMILES string of the molecule is O=C(Nc1ccc(Cl)c(-c2cc(F)ccn2)c1)c1ccc(N2CCCS2(=O)=O)cc1.O=C(Nc1ccc(Cl)c(-c2nccc3cc[nH]c23)c1)c1ccc(N2CCCS2(=O)=O)cc1.O=C(Nc1ccc(Cl)c(-c2nccc3ccncc23)c1)c1ccc(N2CCCS2(=O)=O)cc1.O=C(Nc1ccc(Cl)c(-c2nccc3sccc23)c1)c1ccc(N2CCCS2(=O)=O)cc1. The van der Waals surface area contributed by atoms with Gasteiger partial charge in [-0.05, 0) is 249 Å². The van der Waals surface area contributed by atoms with Gasteiger partial charge in [0.15, 0.2) is 0 Å². The summed E-state index contributed by atoms with van der Waals surface area (Å²) in [7, 11) is -13.0. The maximum Gasteiger partial charge on any atom is 0.255 e. The molecule has 0 atom stereocenters. The van der Waals surface area contributed by atoms with Crippen molar-refractivity contribution in [2.24, 2.45) is 0 Å². The van der Waals surface area contributed by atoms with Crippen molar-refractivity contribution >= 4 is 199 Å². The van der Waals surface area contributed by atoms with E-state index in [0.717, 1.165) is 43.0 Å². The Morgan fingerprint density at radius 3 is 1.10 bits per heavy atom. The number of amides is 4. The third-order valence-corrected chi connectivity index (χ3v) is 30.8. The lowest BCUT2D eigenvalue weighted by Crippen LogP contribution is -2.25. The summed E-state index contributed by atoms with van der Waals surface area (Å²) in [6, 6.07) is 60.7. The fraction of sp³-hybridized carbons (Fsp3) is 0.132. The number of anilines is 8. The summed E-state index contributed by atoms with van der Waals surface area (Å²) < 4.78 is 117. The number of fused-ring (bicyclic) bond motifs is 3. The van der Waals surface area contributed by atoms with E-state index in [0.29, 0.717) is 173 Å². The number of benzene rings is 8. The summed E-state index contributed by atoms with van der Waals surface area (Å²) in [4.78, 5) is 75.9. The van der Waals surface area contributed by atoms with E-state index in [4.69, 9.17) is 46.4 Å². The molecule has 26 nitrogen and oxygen atoms in total. The molecule has 0 saturated carbocycles. The van der Waals surface area contributed by atoms with Crippen molar-refractivity contribution in [3.63, 3.8) is 0 Å². The van der Waals surface area contributed by atoms with Crippen LogP contribution in [0.4, 0.5) is 49.9 Å². The van der Waals surface area contributed by atoms with Gasteiger partial charge >= 0.3 is 0 Å². The minimum atomic E-state index is -3.27. The molecule has 36 heteroatoms. The summed E-state index contributed by atoms with van der Waals surface area (Å²) in [5.74, 6) is -1.13. The lowest BCUT2D eigenvalue weighted by atomic mass is 10.0. The minimum absolute atomic E-state index is 0.133. The highest BCUT2D eigenvalue weighted by Gasteiger charge is 2.33. The molecule has 4 aliphatic heterocycles. The molecular formula is C91H73Cl4FN14O12S5. The largest absolute Gasteiger partial charge is 0.359 e. The first-order valence-corrected chi connectivity index (χ1v) is 48.3. The van der Waals surface area contributed by atoms with E-state index in [1.165, 1.54) is 35.6 Å². The molecule has 11 heterocycles. The van der Waals surface area contributed by atoms with Gasteiger partial charge in [0.2, 0.25) is 40.1 Å². The number of aromatic amines is 1. The molecule has 19 rings (SSSR count). The summed E-state index contributed by atoms with van der Waals surface area (Å²) in [5.41, 5.74) is 12.1. The Hall–Kier alpha value is -12.8. The van der Waals surface area contributed by atoms with Crippen LogP contribution < -0.4 is 38.5 Å². The summed E-state index contributed by atoms with van der Waals surface area (Å²) in [5, 5.41) is 19.2. The zero-order valence-electron chi connectivity index (χ0n) is 66.7. The van der Waals surface area contributed by atoms with Crippen molar-refractivity contribution in [3.05, 3.63) is 315 Å². The molecule has 8 aromatic carbocycles. The topological polar surface area (TPSA) is 346 Å². The van der Waals surface area contributed by atoms with Crippen LogP contribution in [0.2, 0.25) is 20.1 Å². The number of hydrogen-bond donors (Lipinski definition) is 5. The summed E-state index contributed by atoms with van der Waals surface area (Å²) >= 11 is 27.2. The molecule has 0 unspecified atom stereocenters. The number of carbonyl (C=O) groups excluding carboxylic acids is 4. The molecule has 127 heavy (non-hydrogen) atoms. The summed E-state index contributed by atoms with van der Waals surface area (Å²) in [6.07, 6.45) is 14.2. The molecule has 5 N–H and O–H groups in total. The lowest BCUT2D eigenvalue weighted by molar-refractivity contribution is 0.101. The number of hydrogen-bond acceptors (Lipinski definition) is 18. The maximum atomic E-state index is 13.5. The Balaban J connectivity index is 0.000000125. The molecule has 644 valence electrons. The van der Waals surface area contributed by atoms with Crippen molar-refractivity contribution in [2.75, 3.05) is 87.7 Å². The molecule has 0 bridgehead atoms. The van der Waals surface area contributed by atoms with Crippen LogP contribution in [0.25, 0.3) is 76.8 Å². The van der Waals surface area contributed by atoms with E-state index in [9.17, 15) is 57.2 Å². The highest BCUT2D eigenvalue weighted by molar-refractivity contribution is 7.94. The Morgan fingerprint density at radius 1 is 0.362 bits per heavy atom. The second-order valence-electron chi connectivity index (χ2n) is 29.5. The first-order valence-electron chi connectivity index (χ1n) is 39.5. The van der Waals surface area contributed by atoms with Crippen LogP contribution in [0.1, 0.15) is 67.1 Å². The first-order chi connectivity index (χ1) is 61.1. The van der Waals surface area contributed by atoms with Crippen LogP contribution in [0.3, 0.4) is 0 Å². The summed E-state index contributed by atoms with van der Waals surface area (Å²) in [6.45, 7) is 1.82. The molecule has 0 spiro atoms. The monoisotopic (exact) mass is 1870 g/mol. The second-order valence-corrected chi connectivity index (χ2v) is 40.1. The van der Waals surface area contributed by atoms with E-state index in [2.05, 4.69) is 51.2 Å². The van der Waals surface area contributed by atoms with Gasteiger partial charge in [-0.15, -0.1) is 11.3 Å². The Kier molecular flexibility index (Phi) is 25.8. The van der Waals surface area contributed by atoms with Gasteiger partial charge in [-0.25, -0.2) is 38.1 Å². The van der Waals surface area contributed by atoms with Crippen LogP contribution in [-0.4, -0.2) is 136 Å². The average molecular weight is 1880 g/mol. The number of thiophene rings is 1. The van der Waals surface area contributed by atoms with Gasteiger partial charge in [0.05, 0.1) is 94.1 Å². The minimum Gasteiger partial charge on any atom is -0.359 e. The number of H-pyrrole nitrogens is 1. The standard InChI is InChI=1S/C24H19ClN4O3S.C23H19ClN4O3S.C23H18ClN3O3S2.C21H17ClFN3O3S/c25-22-7-4-18(14-20(22)23-21-15-26-10-8-16(21)9-11-27-23)28-24(30)17-2-5-19(6-3-17)29-12-1-13-33(29,31)32;24-20-7-4-17(14-19(20)22-21-15(8-10-25-21)9-11-26-22)27-23(29)16-2-5-18(6-3-16)28-12-1-13-32(28,30)31;24-20-7-4-16(14-19(20)22-18-9-12-31-21(18)8-10-25-22)26-23(28)15-2-5-17(6-3-15)27-11-1-13-32(27,29)30;22-19-7-4-16(13-18(19)20-12-15(23)8-9-24-20)25-21(27)14-2-5-17(6-3-14)26-10-1-11-30(26,28)29/h2-11,14-15H,1,12-13H2,(H,28,30);2-11,14,25H,1,12-13H2,(H,27,29);2-10,12,14H,1,11,13H2,(H,26,28);2-9,12-13H,1,10-11H2,(H,25,27). The van der Waals surface area contributed by atoms with Crippen LogP contribution in [-0.2, 0) is 40.1 Å². The highest BCUT2D eigenvalue weighted by atomic mass is 35.5. The maximum absolute atomic E-state index is 13.5. The van der Waals surface area contributed by atoms with Gasteiger partial charge in [-0.2, -0.15) is 0 Å². The second kappa shape index (κ2) is 37.4. The Labute approximate surface area is 753 Å². The quantitative estimate of drug-likeness (QED) is 0.0600. The van der Waals surface area contributed by atoms with Gasteiger partial charge in [-0.1, -0.05) is 46.4 Å². The zero-order valence-corrected chi connectivity index (χ0v) is 73.8. The van der Waals surface area contributed by atoms with Crippen molar-refractivity contribution in [1.29, 1.82) is 0 Å². The molecule has 7 aromatic heterocycles. The third-order valence-electron chi connectivity index (χ3n) is 21.1. The van der Waals surface area contributed by atoms with Crippen LogP contribution in [0, 0.1) is 5.82 Å². The molecule has 4 saturated heterocycles. The normalized spacial score (nSPS) is 15.2. The van der Waals surface area contributed by atoms with Gasteiger partial charge in [0.1, 0.15) is 5.82 Å². The van der Waals surface area contributed by atoms with Crippen LogP contribution >= 0.6 is 57.7 Å². The number of carbonyl (C=O) groups is 4. The predicted molar refractivity (Wildman–Crippen MR) is 502 cm³/mol. The van der Waals surface area contributed by atoms with Gasteiger partial charge < -0.3 is 26.3 Å². The Bertz CT molecular complexity index is 7050. The molecular weight excluding hydrogens is 1800 g/mol. The molecule has 0 radical (unpaired) electrons. The zero-order chi connectivity index (χ0) is 88.9. The molecule has 4 aliphatic rings. The third kappa shape index (κ3) is 19.8. The number of halogens is 5. The Morgan fingerprint density at radius 2 is 0.709 bits per heavy atom. The molecule has 15 aromatic rings. The number of rotatable bonds is 16. The van der Waals surface area contributed by atoms with Crippen molar-refractivity contribution in [1.82, 2.24) is 29.9 Å². The van der Waals surface area contributed by atoms with E-state index >= 15 is 0 Å². The van der Waals surface area contributed by atoms with Crippen molar-refractivity contribution < 1.29 is 57.2 Å². The van der Waals surface area contributed by atoms with Gasteiger partial charge in [0.25, 0.3) is 23.6 Å². The lowest BCUT2D eigenvalue weighted by Gasteiger charge is -2.17. The molecule has 4 fully saturated rings. The van der Waals surface area contributed by atoms with E-state index in [1.807, 2.05) is 54.0 Å². The fourth-order valence-corrected chi connectivity index (χ4v) is 22.7. The van der Waals surface area contributed by atoms with Gasteiger partial charge in [-0.3, -0.25) is 61.3 Å². The number of nitrogens with zero attached hydrogens (tertiary/aromatic N) is 9. The fourth-order valence-electron chi connectivity index (χ4n) is 14.9. The van der Waals surface area contributed by atoms with E-state index < -0.39 is 45.9 Å². The predicted octanol–water partition coefficient (Wildman–Crippen LogP) is 19.2. The highest BCUT2D eigenvalue weighted by Crippen LogP contribution is 2.40. The number of aromatic nitrogens is 6. The van der Waals surface area contributed by atoms with Gasteiger partial charge in [0, 0.05) is 164 Å². The number of nitrogens with one attached hydrogen (secondary N) is 5. The number of sulfonamides is 4. The molecule has 0 aliphatic carbocycles. The smallest absolute Gasteiger partial charge is 0.255 e.